The number of carbonyl (C=O) groups excluding carboxylic acids is 1. The summed E-state index contributed by atoms with van der Waals surface area (Å²) in [4.78, 5) is 21.8. The Kier molecular flexibility index (Phi) is 2.57. The van der Waals surface area contributed by atoms with Crippen LogP contribution in [-0.2, 0) is 11.2 Å². The lowest BCUT2D eigenvalue weighted by molar-refractivity contribution is -0.118. The van der Waals surface area contributed by atoms with Gasteiger partial charge in [0.05, 0.1) is 18.1 Å². The van der Waals surface area contributed by atoms with Gasteiger partial charge in [0, 0.05) is 11.8 Å². The normalized spacial score (nSPS) is 30.9. The number of fused-ring (bicyclic) bond motifs is 1. The summed E-state index contributed by atoms with van der Waals surface area (Å²) in [6.07, 6.45) is 4.29. The maximum atomic E-state index is 12.1. The molecule has 96 valence electrons. The van der Waals surface area contributed by atoms with E-state index < -0.39 is 5.60 Å². The standard InChI is InChI=1S/C12H14ClN3O2/c1-12(18)4-2-3-8(12)16-9(17)5-7-6-14-11(13)15-10(7)16/h6,8,18H,2-5H2,1H3/t8-,12+/m1/s1. The van der Waals surface area contributed by atoms with Gasteiger partial charge < -0.3 is 5.11 Å². The molecule has 0 unspecified atom stereocenters. The molecule has 1 saturated carbocycles. The number of amides is 1. The number of nitrogens with zero attached hydrogens (tertiary/aromatic N) is 3. The minimum Gasteiger partial charge on any atom is -0.388 e. The topological polar surface area (TPSA) is 66.3 Å². The number of carbonyl (C=O) groups is 1. The van der Waals surface area contributed by atoms with Crippen LogP contribution in [0.5, 0.6) is 0 Å². The summed E-state index contributed by atoms with van der Waals surface area (Å²) in [6, 6.07) is -0.211. The van der Waals surface area contributed by atoms with Crippen LogP contribution in [-0.4, -0.2) is 32.6 Å². The van der Waals surface area contributed by atoms with E-state index in [2.05, 4.69) is 9.97 Å². The van der Waals surface area contributed by atoms with Crippen molar-refractivity contribution in [1.82, 2.24) is 9.97 Å². The highest BCUT2D eigenvalue weighted by molar-refractivity contribution is 6.28. The molecule has 0 spiro atoms. The van der Waals surface area contributed by atoms with E-state index >= 15 is 0 Å². The lowest BCUT2D eigenvalue weighted by atomic mass is 9.99. The van der Waals surface area contributed by atoms with Crippen molar-refractivity contribution in [3.8, 4) is 0 Å². The molecular weight excluding hydrogens is 254 g/mol. The number of hydrogen-bond donors (Lipinski definition) is 1. The molecule has 0 radical (unpaired) electrons. The summed E-state index contributed by atoms with van der Waals surface area (Å²) in [5.41, 5.74) is -0.0681. The summed E-state index contributed by atoms with van der Waals surface area (Å²) in [5, 5.41) is 10.5. The van der Waals surface area contributed by atoms with Crippen LogP contribution in [0.25, 0.3) is 0 Å². The van der Waals surface area contributed by atoms with Crippen molar-refractivity contribution in [2.75, 3.05) is 4.90 Å². The third-order valence-electron chi connectivity index (χ3n) is 3.84. The monoisotopic (exact) mass is 267 g/mol. The van der Waals surface area contributed by atoms with Crippen molar-refractivity contribution in [3.05, 3.63) is 17.0 Å². The van der Waals surface area contributed by atoms with Gasteiger partial charge in [-0.25, -0.2) is 4.98 Å². The number of aliphatic hydroxyl groups is 1. The maximum absolute atomic E-state index is 12.1. The number of hydrogen-bond acceptors (Lipinski definition) is 4. The molecule has 2 heterocycles. The van der Waals surface area contributed by atoms with E-state index in [4.69, 9.17) is 11.6 Å². The van der Waals surface area contributed by atoms with Crippen molar-refractivity contribution in [3.63, 3.8) is 0 Å². The third kappa shape index (κ3) is 1.69. The fourth-order valence-electron chi connectivity index (χ4n) is 2.94. The lowest BCUT2D eigenvalue weighted by Gasteiger charge is -2.33. The van der Waals surface area contributed by atoms with Gasteiger partial charge >= 0.3 is 0 Å². The molecule has 1 fully saturated rings. The van der Waals surface area contributed by atoms with Crippen LogP contribution in [0.4, 0.5) is 5.82 Å². The molecule has 1 amide bonds. The SMILES string of the molecule is C[C@]1(O)CCC[C@H]1N1C(=O)Cc2cnc(Cl)nc21. The Hall–Kier alpha value is -1.20. The Morgan fingerprint density at radius 2 is 2.39 bits per heavy atom. The fourth-order valence-corrected chi connectivity index (χ4v) is 3.06. The van der Waals surface area contributed by atoms with Crippen LogP contribution in [0.1, 0.15) is 31.7 Å². The summed E-state index contributed by atoms with van der Waals surface area (Å²) < 4.78 is 0. The number of halogens is 1. The van der Waals surface area contributed by atoms with Gasteiger partial charge in [-0.05, 0) is 37.8 Å². The molecular formula is C12H14ClN3O2. The maximum Gasteiger partial charge on any atom is 0.233 e. The molecule has 18 heavy (non-hydrogen) atoms. The highest BCUT2D eigenvalue weighted by Gasteiger charge is 2.46. The molecule has 1 aromatic heterocycles. The predicted octanol–water partition coefficient (Wildman–Crippen LogP) is 1.32. The summed E-state index contributed by atoms with van der Waals surface area (Å²) in [7, 11) is 0. The molecule has 1 aliphatic carbocycles. The van der Waals surface area contributed by atoms with Gasteiger partial charge in [0.2, 0.25) is 11.2 Å². The van der Waals surface area contributed by atoms with Gasteiger partial charge in [0.1, 0.15) is 5.82 Å². The average Bonchev–Trinajstić information content (AvgIpc) is 2.77. The predicted molar refractivity (Wildman–Crippen MR) is 66.5 cm³/mol. The second kappa shape index (κ2) is 3.90. The lowest BCUT2D eigenvalue weighted by Crippen LogP contribution is -2.49. The van der Waals surface area contributed by atoms with E-state index in [1.807, 2.05) is 0 Å². The van der Waals surface area contributed by atoms with Gasteiger partial charge in [-0.2, -0.15) is 4.98 Å². The largest absolute Gasteiger partial charge is 0.388 e. The van der Waals surface area contributed by atoms with Crippen LogP contribution in [0.2, 0.25) is 5.28 Å². The van der Waals surface area contributed by atoms with E-state index in [9.17, 15) is 9.90 Å². The Balaban J connectivity index is 2.03. The second-order valence-electron chi connectivity index (χ2n) is 5.19. The van der Waals surface area contributed by atoms with Gasteiger partial charge in [-0.1, -0.05) is 0 Å². The van der Waals surface area contributed by atoms with Crippen LogP contribution in [0.15, 0.2) is 6.20 Å². The first-order valence-electron chi connectivity index (χ1n) is 6.05. The molecule has 3 rings (SSSR count). The van der Waals surface area contributed by atoms with Crippen molar-refractivity contribution in [2.45, 2.75) is 44.2 Å². The zero-order chi connectivity index (χ0) is 12.9. The fraction of sp³-hybridized carbons (Fsp3) is 0.583. The third-order valence-corrected chi connectivity index (χ3v) is 4.02. The number of rotatable bonds is 1. The Morgan fingerprint density at radius 3 is 3.06 bits per heavy atom. The molecule has 2 aliphatic rings. The average molecular weight is 268 g/mol. The Labute approximate surface area is 110 Å². The van der Waals surface area contributed by atoms with E-state index in [0.29, 0.717) is 18.7 Å². The molecule has 1 aromatic rings. The molecule has 0 aromatic carbocycles. The highest BCUT2D eigenvalue weighted by atomic mass is 35.5. The molecule has 0 saturated heterocycles. The molecule has 1 aliphatic heterocycles. The first kappa shape index (κ1) is 11.9. The first-order chi connectivity index (χ1) is 8.49. The molecule has 6 heteroatoms. The van der Waals surface area contributed by atoms with E-state index in [1.54, 1.807) is 18.0 Å². The van der Waals surface area contributed by atoms with Crippen LogP contribution >= 0.6 is 11.6 Å². The first-order valence-corrected chi connectivity index (χ1v) is 6.43. The zero-order valence-corrected chi connectivity index (χ0v) is 10.8. The van der Waals surface area contributed by atoms with Gasteiger partial charge in [-0.3, -0.25) is 9.69 Å². The highest BCUT2D eigenvalue weighted by Crippen LogP contribution is 2.39. The molecule has 2 atom stereocenters. The van der Waals surface area contributed by atoms with Gasteiger partial charge in [0.25, 0.3) is 0 Å². The second-order valence-corrected chi connectivity index (χ2v) is 5.53. The van der Waals surface area contributed by atoms with E-state index in [1.165, 1.54) is 0 Å². The van der Waals surface area contributed by atoms with Gasteiger partial charge in [-0.15, -0.1) is 0 Å². The van der Waals surface area contributed by atoms with Crippen LogP contribution in [0.3, 0.4) is 0 Å². The van der Waals surface area contributed by atoms with E-state index in [0.717, 1.165) is 18.4 Å². The smallest absolute Gasteiger partial charge is 0.233 e. The van der Waals surface area contributed by atoms with Crippen molar-refractivity contribution >= 4 is 23.3 Å². The quantitative estimate of drug-likeness (QED) is 0.780. The zero-order valence-electron chi connectivity index (χ0n) is 10.1. The van der Waals surface area contributed by atoms with Crippen molar-refractivity contribution in [2.24, 2.45) is 0 Å². The molecule has 0 bridgehead atoms. The van der Waals surface area contributed by atoms with Crippen LogP contribution in [0, 0.1) is 0 Å². The number of anilines is 1. The molecule has 5 nitrogen and oxygen atoms in total. The Bertz CT molecular complexity index is 518. The molecule has 1 N–H and O–H groups in total. The number of aromatic nitrogens is 2. The van der Waals surface area contributed by atoms with Crippen molar-refractivity contribution in [1.29, 1.82) is 0 Å². The van der Waals surface area contributed by atoms with E-state index in [-0.39, 0.29) is 17.2 Å². The van der Waals surface area contributed by atoms with Gasteiger partial charge in [0.15, 0.2) is 0 Å². The summed E-state index contributed by atoms with van der Waals surface area (Å²) in [5.74, 6) is 0.529. The Morgan fingerprint density at radius 1 is 1.61 bits per heavy atom. The minimum atomic E-state index is -0.852. The minimum absolute atomic E-state index is 0.0336. The summed E-state index contributed by atoms with van der Waals surface area (Å²) >= 11 is 5.79. The summed E-state index contributed by atoms with van der Waals surface area (Å²) in [6.45, 7) is 1.78. The van der Waals surface area contributed by atoms with Crippen molar-refractivity contribution < 1.29 is 9.90 Å². The van der Waals surface area contributed by atoms with Crippen LogP contribution < -0.4 is 4.90 Å².